The first kappa shape index (κ1) is 18.7. The quantitative estimate of drug-likeness (QED) is 0.633. The van der Waals surface area contributed by atoms with E-state index in [-0.39, 0.29) is 0 Å². The van der Waals surface area contributed by atoms with Gasteiger partial charge < -0.3 is 19.9 Å². The Balaban J connectivity index is 1.87. The second kappa shape index (κ2) is 8.55. The molecule has 27 heavy (non-hydrogen) atoms. The molecule has 0 bridgehead atoms. The minimum absolute atomic E-state index is 0.435. The zero-order valence-corrected chi connectivity index (χ0v) is 15.7. The van der Waals surface area contributed by atoms with E-state index in [1.54, 1.807) is 7.11 Å². The minimum Gasteiger partial charge on any atom is -0.497 e. The van der Waals surface area contributed by atoms with Crippen LogP contribution in [0.3, 0.4) is 0 Å². The van der Waals surface area contributed by atoms with E-state index in [9.17, 15) is 0 Å². The number of hydrogen-bond donors (Lipinski definition) is 2. The van der Waals surface area contributed by atoms with Gasteiger partial charge in [0.25, 0.3) is 0 Å². The molecule has 0 spiro atoms. The summed E-state index contributed by atoms with van der Waals surface area (Å²) in [6, 6.07) is 12.8. The van der Waals surface area contributed by atoms with Crippen LogP contribution in [0, 0.1) is 0 Å². The third-order valence-electron chi connectivity index (χ3n) is 4.05. The van der Waals surface area contributed by atoms with Crippen LogP contribution in [0.15, 0.2) is 42.5 Å². The van der Waals surface area contributed by atoms with Gasteiger partial charge in [-0.25, -0.2) is 4.98 Å². The van der Waals surface area contributed by atoms with Gasteiger partial charge in [0.1, 0.15) is 11.6 Å². The zero-order chi connectivity index (χ0) is 19.2. The summed E-state index contributed by atoms with van der Waals surface area (Å²) in [5.41, 5.74) is 8.05. The van der Waals surface area contributed by atoms with E-state index in [1.165, 1.54) is 0 Å². The lowest BCUT2D eigenvalue weighted by atomic mass is 10.1. The molecular weight excluding hydrogens is 344 g/mol. The average Bonchev–Trinajstić information content (AvgIpc) is 3.19. The molecule has 7 heteroatoms. The van der Waals surface area contributed by atoms with Crippen LogP contribution in [0.5, 0.6) is 17.2 Å². The Morgan fingerprint density at radius 1 is 1.04 bits per heavy atom. The third kappa shape index (κ3) is 4.20. The predicted molar refractivity (Wildman–Crippen MR) is 103 cm³/mol. The maximum Gasteiger partial charge on any atom is 0.181 e. The Hall–Kier alpha value is -3.06. The number of H-pyrrole nitrogens is 1. The van der Waals surface area contributed by atoms with E-state index in [0.29, 0.717) is 36.4 Å². The standard InChI is InChI=1S/C20H24N4O3/c1-4-26-16-10-9-14(12-17(16)27-5-2)19-22-20(24-23-19)18(21)13-7-6-8-15(11-13)25-3/h6-12,18H,4-5,21H2,1-3H3,(H,22,23,24)/t18-/m1/s1. The Kier molecular flexibility index (Phi) is 5.93. The van der Waals surface area contributed by atoms with Gasteiger partial charge >= 0.3 is 0 Å². The molecule has 0 aliphatic heterocycles. The summed E-state index contributed by atoms with van der Waals surface area (Å²) in [5.74, 6) is 3.24. The van der Waals surface area contributed by atoms with Crippen molar-refractivity contribution in [2.45, 2.75) is 19.9 Å². The van der Waals surface area contributed by atoms with Gasteiger partial charge in [-0.15, -0.1) is 0 Å². The van der Waals surface area contributed by atoms with Crippen LogP contribution in [-0.4, -0.2) is 35.5 Å². The molecule has 0 aliphatic carbocycles. The summed E-state index contributed by atoms with van der Waals surface area (Å²) in [7, 11) is 1.62. The van der Waals surface area contributed by atoms with E-state index in [1.807, 2.05) is 56.3 Å². The zero-order valence-electron chi connectivity index (χ0n) is 15.7. The predicted octanol–water partition coefficient (Wildman–Crippen LogP) is 3.33. The number of methoxy groups -OCH3 is 1. The second-order valence-corrected chi connectivity index (χ2v) is 5.83. The average molecular weight is 368 g/mol. The Morgan fingerprint density at radius 2 is 1.81 bits per heavy atom. The molecule has 0 amide bonds. The lowest BCUT2D eigenvalue weighted by Crippen LogP contribution is -2.13. The van der Waals surface area contributed by atoms with E-state index < -0.39 is 6.04 Å². The normalized spacial score (nSPS) is 11.9. The summed E-state index contributed by atoms with van der Waals surface area (Å²) in [5, 5.41) is 7.24. The number of nitrogens with two attached hydrogens (primary N) is 1. The fourth-order valence-corrected chi connectivity index (χ4v) is 2.73. The van der Waals surface area contributed by atoms with Gasteiger partial charge in [0.15, 0.2) is 17.3 Å². The number of aromatic amines is 1. The molecular formula is C20H24N4O3. The summed E-state index contributed by atoms with van der Waals surface area (Å²) < 4.78 is 16.5. The molecule has 0 unspecified atom stereocenters. The van der Waals surface area contributed by atoms with Crippen molar-refractivity contribution >= 4 is 0 Å². The van der Waals surface area contributed by atoms with Crippen molar-refractivity contribution in [3.63, 3.8) is 0 Å². The number of nitrogens with one attached hydrogen (secondary N) is 1. The first-order chi connectivity index (χ1) is 13.2. The highest BCUT2D eigenvalue weighted by Gasteiger charge is 2.16. The van der Waals surface area contributed by atoms with Gasteiger partial charge in [-0.05, 0) is 49.7 Å². The molecule has 1 aromatic heterocycles. The highest BCUT2D eigenvalue weighted by atomic mass is 16.5. The van der Waals surface area contributed by atoms with E-state index >= 15 is 0 Å². The van der Waals surface area contributed by atoms with Crippen LogP contribution in [0.4, 0.5) is 0 Å². The van der Waals surface area contributed by atoms with Crippen molar-refractivity contribution in [1.82, 2.24) is 15.2 Å². The first-order valence-electron chi connectivity index (χ1n) is 8.88. The summed E-state index contributed by atoms with van der Waals surface area (Å²) >= 11 is 0. The molecule has 1 heterocycles. The summed E-state index contributed by atoms with van der Waals surface area (Å²) in [6.45, 7) is 4.98. The molecule has 0 saturated heterocycles. The number of hydrogen-bond acceptors (Lipinski definition) is 6. The number of benzene rings is 2. The largest absolute Gasteiger partial charge is 0.497 e. The molecule has 0 radical (unpaired) electrons. The summed E-state index contributed by atoms with van der Waals surface area (Å²) in [6.07, 6.45) is 0. The smallest absolute Gasteiger partial charge is 0.181 e. The molecule has 0 fully saturated rings. The van der Waals surface area contributed by atoms with Gasteiger partial charge in [0, 0.05) is 5.56 Å². The van der Waals surface area contributed by atoms with Crippen molar-refractivity contribution in [1.29, 1.82) is 0 Å². The number of aromatic nitrogens is 3. The van der Waals surface area contributed by atoms with E-state index in [4.69, 9.17) is 19.9 Å². The van der Waals surface area contributed by atoms with Crippen LogP contribution < -0.4 is 19.9 Å². The molecule has 2 aromatic carbocycles. The maximum atomic E-state index is 6.34. The van der Waals surface area contributed by atoms with Gasteiger partial charge in [-0.2, -0.15) is 5.10 Å². The van der Waals surface area contributed by atoms with Crippen LogP contribution in [0.2, 0.25) is 0 Å². The SMILES string of the molecule is CCOc1ccc(-c2n[nH]c([C@H](N)c3cccc(OC)c3)n2)cc1OCC. The molecule has 3 N–H and O–H groups in total. The van der Waals surface area contributed by atoms with Crippen molar-refractivity contribution in [2.24, 2.45) is 5.73 Å². The Bertz CT molecular complexity index is 894. The molecule has 3 aromatic rings. The maximum absolute atomic E-state index is 6.34. The molecule has 1 atom stereocenters. The number of ether oxygens (including phenoxy) is 3. The third-order valence-corrected chi connectivity index (χ3v) is 4.05. The first-order valence-corrected chi connectivity index (χ1v) is 8.88. The van der Waals surface area contributed by atoms with Crippen molar-refractivity contribution in [3.8, 4) is 28.6 Å². The minimum atomic E-state index is -0.435. The van der Waals surface area contributed by atoms with E-state index in [2.05, 4.69) is 15.2 Å². The van der Waals surface area contributed by atoms with E-state index in [0.717, 1.165) is 16.9 Å². The molecule has 0 aliphatic rings. The number of nitrogens with zero attached hydrogens (tertiary/aromatic N) is 2. The Labute approximate surface area is 158 Å². The topological polar surface area (TPSA) is 95.3 Å². The second-order valence-electron chi connectivity index (χ2n) is 5.83. The fraction of sp³-hybridized carbons (Fsp3) is 0.300. The molecule has 7 nitrogen and oxygen atoms in total. The monoisotopic (exact) mass is 368 g/mol. The highest BCUT2D eigenvalue weighted by Crippen LogP contribution is 2.32. The van der Waals surface area contributed by atoms with Gasteiger partial charge in [0.2, 0.25) is 0 Å². The number of rotatable bonds is 8. The van der Waals surface area contributed by atoms with Crippen molar-refractivity contribution in [2.75, 3.05) is 20.3 Å². The fourth-order valence-electron chi connectivity index (χ4n) is 2.73. The lowest BCUT2D eigenvalue weighted by Gasteiger charge is -2.11. The van der Waals surface area contributed by atoms with Gasteiger partial charge in [-0.3, -0.25) is 5.10 Å². The van der Waals surface area contributed by atoms with Gasteiger partial charge in [-0.1, -0.05) is 12.1 Å². The highest BCUT2D eigenvalue weighted by molar-refractivity contribution is 5.61. The molecule has 0 saturated carbocycles. The van der Waals surface area contributed by atoms with Crippen molar-refractivity contribution < 1.29 is 14.2 Å². The van der Waals surface area contributed by atoms with Crippen molar-refractivity contribution in [3.05, 3.63) is 53.9 Å². The van der Waals surface area contributed by atoms with Crippen LogP contribution >= 0.6 is 0 Å². The van der Waals surface area contributed by atoms with Crippen LogP contribution in [-0.2, 0) is 0 Å². The Morgan fingerprint density at radius 3 is 2.56 bits per heavy atom. The summed E-state index contributed by atoms with van der Waals surface area (Å²) in [4.78, 5) is 4.56. The molecule has 3 rings (SSSR count). The lowest BCUT2D eigenvalue weighted by molar-refractivity contribution is 0.288. The van der Waals surface area contributed by atoms with Crippen LogP contribution in [0.25, 0.3) is 11.4 Å². The molecule has 142 valence electrons. The van der Waals surface area contributed by atoms with Gasteiger partial charge in [0.05, 0.1) is 26.4 Å². The van der Waals surface area contributed by atoms with Crippen LogP contribution in [0.1, 0.15) is 31.3 Å².